The van der Waals surface area contributed by atoms with Crippen molar-refractivity contribution in [1.29, 1.82) is 0 Å². The maximum atomic E-state index is 5.72. The highest BCUT2D eigenvalue weighted by molar-refractivity contribution is 4.85. The van der Waals surface area contributed by atoms with Gasteiger partial charge in [0.25, 0.3) is 0 Å². The lowest BCUT2D eigenvalue weighted by molar-refractivity contribution is -0.0420. The standard InChI is InChI=1S/C14H30N2O/c1-6-13-10-16(8-9-17-13)11-14(4,5)12(3)15-7-2/h12-13,15H,6-11H2,1-5H3. The third kappa shape index (κ3) is 4.57. The zero-order chi connectivity index (χ0) is 12.9. The molecule has 0 bridgehead atoms. The highest BCUT2D eigenvalue weighted by atomic mass is 16.5. The first-order valence-corrected chi connectivity index (χ1v) is 7.07. The fraction of sp³-hybridized carbons (Fsp3) is 1.00. The SMILES string of the molecule is CCNC(C)C(C)(C)CN1CCOC(CC)C1. The molecule has 0 spiro atoms. The molecule has 102 valence electrons. The molecule has 0 aromatic rings. The van der Waals surface area contributed by atoms with Gasteiger partial charge in [-0.25, -0.2) is 0 Å². The van der Waals surface area contributed by atoms with Crippen molar-refractivity contribution in [3.8, 4) is 0 Å². The van der Waals surface area contributed by atoms with Crippen molar-refractivity contribution in [2.75, 3.05) is 32.8 Å². The first-order valence-electron chi connectivity index (χ1n) is 7.07. The molecular formula is C14H30N2O. The van der Waals surface area contributed by atoms with Crippen molar-refractivity contribution >= 4 is 0 Å². The summed E-state index contributed by atoms with van der Waals surface area (Å²) in [6, 6.07) is 0.551. The van der Waals surface area contributed by atoms with Crippen LogP contribution in [0.1, 0.15) is 41.0 Å². The first-order chi connectivity index (χ1) is 7.99. The number of rotatable bonds is 6. The minimum atomic E-state index is 0.311. The summed E-state index contributed by atoms with van der Waals surface area (Å²) in [5, 5.41) is 3.54. The molecule has 1 rings (SSSR count). The highest BCUT2D eigenvalue weighted by Gasteiger charge is 2.30. The predicted molar refractivity (Wildman–Crippen MR) is 73.4 cm³/mol. The highest BCUT2D eigenvalue weighted by Crippen LogP contribution is 2.23. The van der Waals surface area contributed by atoms with E-state index in [1.54, 1.807) is 0 Å². The molecule has 3 heteroatoms. The first kappa shape index (κ1) is 14.9. The van der Waals surface area contributed by atoms with Gasteiger partial charge in [0.15, 0.2) is 0 Å². The Morgan fingerprint density at radius 1 is 1.41 bits per heavy atom. The summed E-state index contributed by atoms with van der Waals surface area (Å²) in [6.45, 7) is 16.7. The Labute approximate surface area is 107 Å². The van der Waals surface area contributed by atoms with Crippen molar-refractivity contribution in [2.45, 2.75) is 53.2 Å². The van der Waals surface area contributed by atoms with Crippen LogP contribution in [-0.4, -0.2) is 49.8 Å². The van der Waals surface area contributed by atoms with E-state index in [4.69, 9.17) is 4.74 Å². The van der Waals surface area contributed by atoms with E-state index in [-0.39, 0.29) is 0 Å². The number of hydrogen-bond donors (Lipinski definition) is 1. The minimum Gasteiger partial charge on any atom is -0.376 e. The monoisotopic (exact) mass is 242 g/mol. The normalized spacial score (nSPS) is 24.9. The molecule has 1 heterocycles. The van der Waals surface area contributed by atoms with Gasteiger partial charge in [-0.2, -0.15) is 0 Å². The molecule has 0 aromatic heterocycles. The van der Waals surface area contributed by atoms with E-state index in [9.17, 15) is 0 Å². The number of morpholine rings is 1. The van der Waals surface area contributed by atoms with Crippen LogP contribution in [0.4, 0.5) is 0 Å². The number of hydrogen-bond acceptors (Lipinski definition) is 3. The van der Waals surface area contributed by atoms with Crippen LogP contribution in [0.25, 0.3) is 0 Å². The molecule has 0 amide bonds. The van der Waals surface area contributed by atoms with Crippen LogP contribution in [0.15, 0.2) is 0 Å². The van der Waals surface area contributed by atoms with Gasteiger partial charge in [0.1, 0.15) is 0 Å². The summed E-state index contributed by atoms with van der Waals surface area (Å²) < 4.78 is 5.72. The Bertz CT molecular complexity index is 218. The third-order valence-corrected chi connectivity index (χ3v) is 3.99. The molecule has 0 aliphatic carbocycles. The van der Waals surface area contributed by atoms with E-state index in [0.717, 1.165) is 39.2 Å². The summed E-state index contributed by atoms with van der Waals surface area (Å²) in [5.41, 5.74) is 0.311. The molecule has 2 atom stereocenters. The molecule has 2 unspecified atom stereocenters. The summed E-state index contributed by atoms with van der Waals surface area (Å²) >= 11 is 0. The average molecular weight is 242 g/mol. The second-order valence-electron chi connectivity index (χ2n) is 5.90. The van der Waals surface area contributed by atoms with Crippen LogP contribution in [0, 0.1) is 5.41 Å². The van der Waals surface area contributed by atoms with Crippen LogP contribution in [0.2, 0.25) is 0 Å². The molecular weight excluding hydrogens is 212 g/mol. The zero-order valence-corrected chi connectivity index (χ0v) is 12.3. The second-order valence-corrected chi connectivity index (χ2v) is 5.90. The van der Waals surface area contributed by atoms with E-state index in [1.165, 1.54) is 0 Å². The smallest absolute Gasteiger partial charge is 0.0700 e. The average Bonchev–Trinajstić information content (AvgIpc) is 2.29. The summed E-state index contributed by atoms with van der Waals surface area (Å²) in [4.78, 5) is 2.56. The van der Waals surface area contributed by atoms with Crippen molar-refractivity contribution in [1.82, 2.24) is 10.2 Å². The van der Waals surface area contributed by atoms with Gasteiger partial charge in [-0.3, -0.25) is 4.90 Å². The van der Waals surface area contributed by atoms with E-state index < -0.39 is 0 Å². The maximum Gasteiger partial charge on any atom is 0.0700 e. The predicted octanol–water partition coefficient (Wildman–Crippen LogP) is 2.12. The fourth-order valence-electron chi connectivity index (χ4n) is 2.47. The Hall–Kier alpha value is -0.120. The van der Waals surface area contributed by atoms with Crippen molar-refractivity contribution in [2.24, 2.45) is 5.41 Å². The molecule has 0 aromatic carbocycles. The van der Waals surface area contributed by atoms with E-state index in [1.807, 2.05) is 0 Å². The van der Waals surface area contributed by atoms with Gasteiger partial charge in [-0.1, -0.05) is 27.7 Å². The molecule has 0 radical (unpaired) electrons. The fourth-order valence-corrected chi connectivity index (χ4v) is 2.47. The van der Waals surface area contributed by atoms with Crippen LogP contribution in [-0.2, 0) is 4.74 Å². The van der Waals surface area contributed by atoms with Gasteiger partial charge in [-0.15, -0.1) is 0 Å². The molecule has 1 N–H and O–H groups in total. The number of ether oxygens (including phenoxy) is 1. The van der Waals surface area contributed by atoms with Crippen molar-refractivity contribution < 1.29 is 4.74 Å². The molecule has 1 aliphatic rings. The molecule has 1 fully saturated rings. The van der Waals surface area contributed by atoms with Gasteiger partial charge in [0.05, 0.1) is 12.7 Å². The lowest BCUT2D eigenvalue weighted by atomic mass is 9.84. The molecule has 3 nitrogen and oxygen atoms in total. The van der Waals surface area contributed by atoms with Gasteiger partial charge >= 0.3 is 0 Å². The van der Waals surface area contributed by atoms with Crippen LogP contribution in [0.5, 0.6) is 0 Å². The van der Waals surface area contributed by atoms with Crippen molar-refractivity contribution in [3.63, 3.8) is 0 Å². The maximum absolute atomic E-state index is 5.72. The van der Waals surface area contributed by atoms with Crippen LogP contribution < -0.4 is 5.32 Å². The van der Waals surface area contributed by atoms with E-state index >= 15 is 0 Å². The Balaban J connectivity index is 2.45. The lowest BCUT2D eigenvalue weighted by Gasteiger charge is -2.40. The van der Waals surface area contributed by atoms with Crippen LogP contribution in [0.3, 0.4) is 0 Å². The number of nitrogens with one attached hydrogen (secondary N) is 1. The third-order valence-electron chi connectivity index (χ3n) is 3.99. The van der Waals surface area contributed by atoms with Gasteiger partial charge in [0.2, 0.25) is 0 Å². The summed E-state index contributed by atoms with van der Waals surface area (Å²) in [6.07, 6.45) is 1.56. The quantitative estimate of drug-likeness (QED) is 0.772. The molecule has 1 saturated heterocycles. The summed E-state index contributed by atoms with van der Waals surface area (Å²) in [7, 11) is 0. The van der Waals surface area contributed by atoms with Gasteiger partial charge in [-0.05, 0) is 25.3 Å². The minimum absolute atomic E-state index is 0.311. The topological polar surface area (TPSA) is 24.5 Å². The van der Waals surface area contributed by atoms with Gasteiger partial charge < -0.3 is 10.1 Å². The van der Waals surface area contributed by atoms with E-state index in [0.29, 0.717) is 17.6 Å². The molecule has 17 heavy (non-hydrogen) atoms. The Morgan fingerprint density at radius 3 is 2.71 bits per heavy atom. The Morgan fingerprint density at radius 2 is 2.12 bits per heavy atom. The summed E-state index contributed by atoms with van der Waals surface area (Å²) in [5.74, 6) is 0. The molecule has 0 saturated carbocycles. The lowest BCUT2D eigenvalue weighted by Crippen LogP contribution is -2.51. The Kier molecular flexibility index (Phi) is 5.90. The molecule has 1 aliphatic heterocycles. The van der Waals surface area contributed by atoms with Gasteiger partial charge in [0, 0.05) is 25.7 Å². The second kappa shape index (κ2) is 6.72. The number of nitrogens with zero attached hydrogens (tertiary/aromatic N) is 1. The largest absolute Gasteiger partial charge is 0.376 e. The zero-order valence-electron chi connectivity index (χ0n) is 12.3. The van der Waals surface area contributed by atoms with E-state index in [2.05, 4.69) is 44.8 Å². The van der Waals surface area contributed by atoms with Crippen molar-refractivity contribution in [3.05, 3.63) is 0 Å². The van der Waals surface area contributed by atoms with Crippen LogP contribution >= 0.6 is 0 Å².